The summed E-state index contributed by atoms with van der Waals surface area (Å²) in [7, 11) is 0. The molecule has 38 heavy (non-hydrogen) atoms. The van der Waals surface area contributed by atoms with Gasteiger partial charge < -0.3 is 19.7 Å². The lowest BCUT2D eigenvalue weighted by atomic mass is 9.89. The number of carbonyl (C=O) groups is 2. The molecule has 0 unspecified atom stereocenters. The zero-order chi connectivity index (χ0) is 28.4. The number of ether oxygens (including phenoxy) is 2. The van der Waals surface area contributed by atoms with Gasteiger partial charge in [-0.25, -0.2) is 9.59 Å². The van der Waals surface area contributed by atoms with Gasteiger partial charge in [-0.15, -0.1) is 0 Å². The number of hydrogen-bond acceptors (Lipinski definition) is 7. The van der Waals surface area contributed by atoms with Crippen LogP contribution in [-0.4, -0.2) is 75.8 Å². The number of hydrogen-bond donors (Lipinski definition) is 2. The Morgan fingerprint density at radius 3 is 2.21 bits per heavy atom. The number of halogens is 6. The summed E-state index contributed by atoms with van der Waals surface area (Å²) in [6.45, 7) is 4.60. The van der Waals surface area contributed by atoms with Crippen molar-refractivity contribution in [3.05, 3.63) is 52.5 Å². The molecule has 2 N–H and O–H groups in total. The van der Waals surface area contributed by atoms with E-state index in [1.807, 2.05) is 24.5 Å². The molecule has 0 amide bonds. The minimum atomic E-state index is -5.08. The molecule has 2 aromatic rings. The van der Waals surface area contributed by atoms with E-state index in [0.717, 1.165) is 32.5 Å². The number of carboxylic acid groups (broad SMARTS) is 2. The summed E-state index contributed by atoms with van der Waals surface area (Å²) in [4.78, 5) is 24.4. The van der Waals surface area contributed by atoms with Crippen LogP contribution in [0.2, 0.25) is 0 Å². The fourth-order valence-corrected chi connectivity index (χ4v) is 4.51. The van der Waals surface area contributed by atoms with Crippen molar-refractivity contribution in [3.63, 3.8) is 0 Å². The Bertz CT molecular complexity index is 982. The molecule has 0 bridgehead atoms. The second-order valence-corrected chi connectivity index (χ2v) is 9.32. The molecule has 2 aliphatic rings. The molecule has 0 radical (unpaired) electrons. The van der Waals surface area contributed by atoms with Gasteiger partial charge in [0.1, 0.15) is 0 Å². The van der Waals surface area contributed by atoms with Crippen molar-refractivity contribution in [1.82, 2.24) is 9.88 Å². The molecule has 2 aromatic heterocycles. The van der Waals surface area contributed by atoms with Crippen LogP contribution in [0.25, 0.3) is 0 Å². The first-order valence-corrected chi connectivity index (χ1v) is 12.1. The van der Waals surface area contributed by atoms with Crippen molar-refractivity contribution in [2.75, 3.05) is 19.7 Å². The van der Waals surface area contributed by atoms with Gasteiger partial charge in [0, 0.05) is 31.9 Å². The zero-order valence-corrected chi connectivity index (χ0v) is 20.7. The van der Waals surface area contributed by atoms with Gasteiger partial charge >= 0.3 is 24.3 Å². The number of carboxylic acids is 2. The summed E-state index contributed by atoms with van der Waals surface area (Å²) in [5.74, 6) is -5.51. The van der Waals surface area contributed by atoms with Gasteiger partial charge in [0.2, 0.25) is 0 Å². The van der Waals surface area contributed by atoms with Gasteiger partial charge in [-0.05, 0) is 59.5 Å². The molecule has 2 fully saturated rings. The molecule has 0 aliphatic carbocycles. The Morgan fingerprint density at radius 2 is 1.68 bits per heavy atom. The third-order valence-electron chi connectivity index (χ3n) is 5.50. The number of aliphatic carboxylic acids is 2. The number of likely N-dealkylation sites (tertiary alicyclic amines) is 1. The molecule has 4 heterocycles. The van der Waals surface area contributed by atoms with E-state index in [4.69, 9.17) is 29.3 Å². The van der Waals surface area contributed by atoms with E-state index in [9.17, 15) is 26.3 Å². The molecular formula is C23H26F6N2O6S. The molecule has 4 rings (SSSR count). The van der Waals surface area contributed by atoms with Gasteiger partial charge in [0.25, 0.3) is 0 Å². The Morgan fingerprint density at radius 1 is 1.08 bits per heavy atom. The number of alkyl halides is 6. The first-order chi connectivity index (χ1) is 17.7. The van der Waals surface area contributed by atoms with Crippen molar-refractivity contribution in [2.24, 2.45) is 0 Å². The third-order valence-corrected chi connectivity index (χ3v) is 6.23. The summed E-state index contributed by atoms with van der Waals surface area (Å²) < 4.78 is 75.8. The number of pyridine rings is 1. The lowest BCUT2D eigenvalue weighted by molar-refractivity contribution is -0.193. The van der Waals surface area contributed by atoms with Crippen LogP contribution in [0.4, 0.5) is 26.3 Å². The molecule has 0 saturated carbocycles. The number of thiophene rings is 1. The van der Waals surface area contributed by atoms with E-state index >= 15 is 0 Å². The molecule has 15 heteroatoms. The number of aromatic nitrogens is 1. The van der Waals surface area contributed by atoms with E-state index in [2.05, 4.69) is 26.7 Å². The highest BCUT2D eigenvalue weighted by Gasteiger charge is 2.44. The van der Waals surface area contributed by atoms with Crippen molar-refractivity contribution in [3.8, 4) is 0 Å². The van der Waals surface area contributed by atoms with Crippen molar-refractivity contribution < 1.29 is 55.6 Å². The van der Waals surface area contributed by atoms with Crippen LogP contribution in [-0.2, 0) is 32.2 Å². The predicted molar refractivity (Wildman–Crippen MR) is 122 cm³/mol. The van der Waals surface area contributed by atoms with Gasteiger partial charge in [0.15, 0.2) is 0 Å². The molecule has 2 saturated heterocycles. The Labute approximate surface area is 217 Å². The molecule has 2 aliphatic heterocycles. The van der Waals surface area contributed by atoms with Crippen LogP contribution in [0.3, 0.4) is 0 Å². The summed E-state index contributed by atoms with van der Waals surface area (Å²) in [6.07, 6.45) is -2.95. The van der Waals surface area contributed by atoms with Crippen molar-refractivity contribution in [1.29, 1.82) is 0 Å². The average Bonchev–Trinajstić information content (AvgIpc) is 3.48. The lowest BCUT2D eigenvalue weighted by Gasteiger charge is -2.39. The monoisotopic (exact) mass is 572 g/mol. The lowest BCUT2D eigenvalue weighted by Crippen LogP contribution is -2.47. The molecule has 0 aromatic carbocycles. The Hall–Kier alpha value is -2.75. The summed E-state index contributed by atoms with van der Waals surface area (Å²) in [6, 6.07) is 6.24. The maximum absolute atomic E-state index is 10.6. The largest absolute Gasteiger partial charge is 0.490 e. The van der Waals surface area contributed by atoms with E-state index in [1.165, 1.54) is 24.1 Å². The first kappa shape index (κ1) is 31.5. The molecule has 1 spiro atoms. The topological polar surface area (TPSA) is 109 Å². The van der Waals surface area contributed by atoms with Crippen LogP contribution < -0.4 is 0 Å². The van der Waals surface area contributed by atoms with E-state index in [-0.39, 0.29) is 11.7 Å². The maximum Gasteiger partial charge on any atom is 0.490 e. The smallest absolute Gasteiger partial charge is 0.475 e. The zero-order valence-electron chi connectivity index (χ0n) is 19.9. The molecule has 212 valence electrons. The predicted octanol–water partition coefficient (Wildman–Crippen LogP) is 4.75. The fraction of sp³-hybridized carbons (Fsp3) is 0.522. The Kier molecular flexibility index (Phi) is 11.5. The van der Waals surface area contributed by atoms with Crippen molar-refractivity contribution >= 4 is 23.3 Å². The van der Waals surface area contributed by atoms with Crippen LogP contribution in [0.5, 0.6) is 0 Å². The first-order valence-electron chi connectivity index (χ1n) is 11.2. The maximum atomic E-state index is 10.6. The van der Waals surface area contributed by atoms with Gasteiger partial charge in [-0.2, -0.15) is 37.7 Å². The van der Waals surface area contributed by atoms with Crippen LogP contribution in [0.15, 0.2) is 41.4 Å². The Balaban J connectivity index is 0.000000301. The minimum Gasteiger partial charge on any atom is -0.475 e. The summed E-state index contributed by atoms with van der Waals surface area (Å²) in [5.41, 5.74) is 2.59. The molecule has 8 nitrogen and oxygen atoms in total. The van der Waals surface area contributed by atoms with E-state index in [1.54, 1.807) is 11.3 Å². The van der Waals surface area contributed by atoms with Gasteiger partial charge in [0.05, 0.1) is 24.9 Å². The van der Waals surface area contributed by atoms with E-state index < -0.39 is 24.3 Å². The van der Waals surface area contributed by atoms with Crippen LogP contribution in [0.1, 0.15) is 30.4 Å². The SMILES string of the molecule is O=C(O)C(F)(F)F.O=C(O)C(F)(F)F.c1cc(CO[C@@H]2CO[C@@]3(CCCN(Cc4ccsc4)C3)C2)ccn1. The quantitative estimate of drug-likeness (QED) is 0.495. The highest BCUT2D eigenvalue weighted by atomic mass is 32.1. The normalized spacial score (nSPS) is 21.7. The minimum absolute atomic E-state index is 0.00280. The fourth-order valence-electron chi connectivity index (χ4n) is 3.85. The number of rotatable bonds is 5. The van der Waals surface area contributed by atoms with Crippen LogP contribution in [0, 0.1) is 0 Å². The number of piperidine rings is 1. The van der Waals surface area contributed by atoms with Gasteiger partial charge in [-0.1, -0.05) is 0 Å². The standard InChI is InChI=1S/C19H24N2O2S.2C2HF3O2/c1-5-19(15-21(8-1)11-17-4-9-24-14-17)10-18(13-23-19)22-12-16-2-6-20-7-3-16;2*3-2(4,5)1(6)7/h2-4,6-7,9,14,18H,1,5,8,10-13,15H2;2*(H,6,7)/t18-,19-;;/m0../s1. The number of nitrogens with zero attached hydrogens (tertiary/aromatic N) is 2. The molecule has 2 atom stereocenters. The van der Waals surface area contributed by atoms with Crippen LogP contribution >= 0.6 is 11.3 Å². The highest BCUT2D eigenvalue weighted by molar-refractivity contribution is 7.07. The second kappa shape index (κ2) is 13.9. The summed E-state index contributed by atoms with van der Waals surface area (Å²) in [5, 5.41) is 18.7. The highest BCUT2D eigenvalue weighted by Crippen LogP contribution is 2.36. The van der Waals surface area contributed by atoms with Gasteiger partial charge in [-0.3, -0.25) is 9.88 Å². The summed E-state index contributed by atoms with van der Waals surface area (Å²) >= 11 is 1.77. The van der Waals surface area contributed by atoms with Crippen molar-refractivity contribution in [2.45, 2.75) is 56.5 Å². The molecular weight excluding hydrogens is 546 g/mol. The average molecular weight is 573 g/mol. The van der Waals surface area contributed by atoms with E-state index in [0.29, 0.717) is 6.61 Å². The third kappa shape index (κ3) is 10.9. The second-order valence-electron chi connectivity index (χ2n) is 8.54.